The molecule has 0 amide bonds. The van der Waals surface area contributed by atoms with Crippen LogP contribution in [0.5, 0.6) is 11.5 Å². The highest BCUT2D eigenvalue weighted by Crippen LogP contribution is 2.46. The molecule has 5 aromatic carbocycles. The Morgan fingerprint density at radius 1 is 0.820 bits per heavy atom. The number of hydrogen-bond donors (Lipinski definition) is 3. The summed E-state index contributed by atoms with van der Waals surface area (Å²) in [5.41, 5.74) is 9.98. The van der Waals surface area contributed by atoms with Crippen LogP contribution in [0.2, 0.25) is 0 Å². The van der Waals surface area contributed by atoms with Crippen molar-refractivity contribution in [3.05, 3.63) is 101 Å². The molecule has 6 rings (SSSR count). The summed E-state index contributed by atoms with van der Waals surface area (Å²) < 4.78 is 57.1. The van der Waals surface area contributed by atoms with Crippen molar-refractivity contribution in [2.24, 2.45) is 20.5 Å². The Morgan fingerprint density at radius 3 is 2.16 bits per heavy atom. The zero-order valence-electron chi connectivity index (χ0n) is 27.0. The molecule has 1 unspecified atom stereocenters. The fraction of sp³-hybridized carbons (Fsp3) is 0.118. The first-order valence-electron chi connectivity index (χ1n) is 14.9. The molecule has 1 atom stereocenters. The van der Waals surface area contributed by atoms with Crippen LogP contribution in [0.3, 0.4) is 0 Å². The number of phenolic OH excluding ortho intramolecular Hbond substituents is 1. The highest BCUT2D eigenvalue weighted by molar-refractivity contribution is 7.86. The number of nitrogen functional groups attached to an aromatic ring is 1. The van der Waals surface area contributed by atoms with Gasteiger partial charge in [0.2, 0.25) is 11.1 Å². The summed E-state index contributed by atoms with van der Waals surface area (Å²) in [5, 5.41) is 33.7. The number of aryl methyl sites for hydroxylation is 4. The van der Waals surface area contributed by atoms with Crippen LogP contribution in [0.4, 0.5) is 28.4 Å². The standard InChI is InChI=1S/C34H29N7O7S2/c1-18-13-14-23(17-28(18)50(44,45)46)48-49(43)27-12-8-7-11-26(27)38-39-31-19(2)15-22-16-20(3)32(33(42)29(22)30(31)35)40-37-25-10-6-5-9-24(25)34-36-21(4)41-47-34/h5-17,42H,35H2,1-4H3,(H,44,45,46). The average molecular weight is 712 g/mol. The molecule has 0 radical (unpaired) electrons. The van der Waals surface area contributed by atoms with E-state index >= 15 is 0 Å². The van der Waals surface area contributed by atoms with Gasteiger partial charge in [-0.3, -0.25) is 4.55 Å². The van der Waals surface area contributed by atoms with Crippen LogP contribution in [0.25, 0.3) is 22.2 Å². The van der Waals surface area contributed by atoms with E-state index in [1.807, 2.05) is 6.07 Å². The third kappa shape index (κ3) is 6.84. The molecule has 0 aliphatic carbocycles. The minimum Gasteiger partial charge on any atom is -0.505 e. The molecule has 50 heavy (non-hydrogen) atoms. The third-order valence-corrected chi connectivity index (χ3v) is 9.64. The summed E-state index contributed by atoms with van der Waals surface area (Å²) in [6, 6.07) is 21.0. The van der Waals surface area contributed by atoms with Gasteiger partial charge < -0.3 is 19.5 Å². The molecule has 1 aromatic heterocycles. The van der Waals surface area contributed by atoms with Gasteiger partial charge in [0.25, 0.3) is 16.0 Å². The maximum Gasteiger partial charge on any atom is 0.294 e. The van der Waals surface area contributed by atoms with Crippen molar-refractivity contribution in [3.63, 3.8) is 0 Å². The quantitative estimate of drug-likeness (QED) is 0.0737. The van der Waals surface area contributed by atoms with Crippen molar-refractivity contribution < 1.29 is 31.0 Å². The normalized spacial score (nSPS) is 12.7. The number of benzene rings is 5. The lowest BCUT2D eigenvalue weighted by atomic mass is 9.99. The lowest BCUT2D eigenvalue weighted by Crippen LogP contribution is -2.04. The Balaban J connectivity index is 1.34. The second-order valence-corrected chi connectivity index (χ2v) is 13.7. The van der Waals surface area contributed by atoms with Gasteiger partial charge in [-0.25, -0.2) is 4.21 Å². The predicted octanol–water partition coefficient (Wildman–Crippen LogP) is 8.59. The van der Waals surface area contributed by atoms with Crippen LogP contribution in [0.15, 0.2) is 114 Å². The topological polar surface area (TPSA) is 215 Å². The minimum atomic E-state index is -4.52. The number of aromatic hydroxyl groups is 1. The van der Waals surface area contributed by atoms with E-state index in [0.717, 1.165) is 6.07 Å². The first-order chi connectivity index (χ1) is 23.8. The Bertz CT molecular complexity index is 2500. The average Bonchev–Trinajstić information content (AvgIpc) is 3.50. The van der Waals surface area contributed by atoms with Crippen LogP contribution >= 0.6 is 0 Å². The number of anilines is 1. The molecule has 6 aromatic rings. The van der Waals surface area contributed by atoms with Crippen LogP contribution in [-0.4, -0.2) is 32.4 Å². The second kappa shape index (κ2) is 13.6. The van der Waals surface area contributed by atoms with E-state index in [4.69, 9.17) is 14.4 Å². The SMILES string of the molecule is Cc1noc(-c2ccccc2N=Nc2c(C)cc3cc(C)c(N=Nc4ccccc4S(=O)Oc4ccc(C)c(S(=O)(=O)O)c4)c(N)c3c2O)n1. The molecule has 14 nitrogen and oxygen atoms in total. The molecular formula is C34H29N7O7S2. The molecule has 1 heterocycles. The smallest absolute Gasteiger partial charge is 0.294 e. The number of phenols is 1. The van der Waals surface area contributed by atoms with E-state index in [9.17, 15) is 22.3 Å². The summed E-state index contributed by atoms with van der Waals surface area (Å²) in [6.07, 6.45) is 0. The highest BCUT2D eigenvalue weighted by Gasteiger charge is 2.20. The van der Waals surface area contributed by atoms with Crippen LogP contribution in [0.1, 0.15) is 22.5 Å². The summed E-state index contributed by atoms with van der Waals surface area (Å²) in [7, 11) is -4.52. The summed E-state index contributed by atoms with van der Waals surface area (Å²) in [4.78, 5) is 4.04. The van der Waals surface area contributed by atoms with Gasteiger partial charge in [-0.05, 0) is 92.2 Å². The van der Waals surface area contributed by atoms with Gasteiger partial charge >= 0.3 is 0 Å². The van der Waals surface area contributed by atoms with Crippen molar-refractivity contribution >= 4 is 60.4 Å². The molecule has 16 heteroatoms. The van der Waals surface area contributed by atoms with Crippen molar-refractivity contribution in [1.29, 1.82) is 0 Å². The van der Waals surface area contributed by atoms with Gasteiger partial charge in [0.05, 0.1) is 22.3 Å². The van der Waals surface area contributed by atoms with E-state index < -0.39 is 21.2 Å². The number of rotatable bonds is 9. The van der Waals surface area contributed by atoms with E-state index in [-0.39, 0.29) is 49.9 Å². The van der Waals surface area contributed by atoms with Gasteiger partial charge in [0.1, 0.15) is 32.6 Å². The van der Waals surface area contributed by atoms with E-state index in [0.29, 0.717) is 44.5 Å². The van der Waals surface area contributed by atoms with E-state index in [1.165, 1.54) is 25.1 Å². The Labute approximate surface area is 288 Å². The van der Waals surface area contributed by atoms with Crippen LogP contribution in [-0.2, 0) is 21.2 Å². The largest absolute Gasteiger partial charge is 0.505 e. The molecule has 0 bridgehead atoms. The first kappa shape index (κ1) is 34.0. The van der Waals surface area contributed by atoms with Crippen LogP contribution in [0, 0.1) is 27.7 Å². The van der Waals surface area contributed by atoms with Crippen molar-refractivity contribution in [1.82, 2.24) is 10.1 Å². The predicted molar refractivity (Wildman–Crippen MR) is 187 cm³/mol. The molecule has 254 valence electrons. The van der Waals surface area contributed by atoms with Gasteiger partial charge in [0.15, 0.2) is 11.6 Å². The lowest BCUT2D eigenvalue weighted by Gasteiger charge is -2.13. The van der Waals surface area contributed by atoms with E-state index in [2.05, 4.69) is 30.6 Å². The Morgan fingerprint density at radius 2 is 1.46 bits per heavy atom. The highest BCUT2D eigenvalue weighted by atomic mass is 32.2. The minimum absolute atomic E-state index is 0.0464. The second-order valence-electron chi connectivity index (χ2n) is 11.2. The molecule has 0 saturated heterocycles. The van der Waals surface area contributed by atoms with Gasteiger partial charge in [-0.15, -0.1) is 20.5 Å². The number of fused-ring (bicyclic) bond motifs is 1. The zero-order chi connectivity index (χ0) is 35.7. The molecule has 0 fully saturated rings. The number of nitrogens with zero attached hydrogens (tertiary/aromatic N) is 6. The lowest BCUT2D eigenvalue weighted by molar-refractivity contribution is 0.425. The summed E-state index contributed by atoms with van der Waals surface area (Å²) in [6.45, 7) is 6.79. The van der Waals surface area contributed by atoms with Gasteiger partial charge in [-0.1, -0.05) is 35.5 Å². The van der Waals surface area contributed by atoms with Crippen molar-refractivity contribution in [3.8, 4) is 23.0 Å². The zero-order valence-corrected chi connectivity index (χ0v) is 28.7. The molecule has 0 saturated carbocycles. The fourth-order valence-corrected chi connectivity index (χ4v) is 6.76. The molecule has 0 aliphatic heterocycles. The Kier molecular flexibility index (Phi) is 9.25. The summed E-state index contributed by atoms with van der Waals surface area (Å²) in [5.74, 6) is 0.498. The number of nitrogens with two attached hydrogens (primary N) is 1. The number of aromatic nitrogens is 2. The molecule has 4 N–H and O–H groups in total. The fourth-order valence-electron chi connectivity index (χ4n) is 5.18. The third-order valence-electron chi connectivity index (χ3n) is 7.60. The summed E-state index contributed by atoms with van der Waals surface area (Å²) >= 11 is -2.16. The molecule has 0 aliphatic rings. The van der Waals surface area contributed by atoms with Gasteiger partial charge in [0, 0.05) is 6.07 Å². The Hall–Kier alpha value is -5.84. The molecule has 0 spiro atoms. The molecular weight excluding hydrogens is 683 g/mol. The maximum atomic E-state index is 13.3. The van der Waals surface area contributed by atoms with Crippen molar-refractivity contribution in [2.75, 3.05) is 5.73 Å². The van der Waals surface area contributed by atoms with Crippen molar-refractivity contribution in [2.45, 2.75) is 37.5 Å². The first-order valence-corrected chi connectivity index (χ1v) is 17.4. The number of azo groups is 2. The maximum absolute atomic E-state index is 13.3. The van der Waals surface area contributed by atoms with Crippen LogP contribution < -0.4 is 9.92 Å². The monoisotopic (exact) mass is 711 g/mol. The number of hydrogen-bond acceptors (Lipinski definition) is 13. The van der Waals surface area contributed by atoms with Gasteiger partial charge in [-0.2, -0.15) is 13.4 Å². The van der Waals surface area contributed by atoms with E-state index in [1.54, 1.807) is 69.3 Å².